The lowest BCUT2D eigenvalue weighted by Crippen LogP contribution is -2.37. The fourth-order valence-electron chi connectivity index (χ4n) is 2.68. The zero-order chi connectivity index (χ0) is 22.0. The first-order chi connectivity index (χ1) is 14.2. The van der Waals surface area contributed by atoms with Crippen LogP contribution in [0.4, 0.5) is 0 Å². The van der Waals surface area contributed by atoms with Gasteiger partial charge in [-0.1, -0.05) is 42.5 Å². The largest absolute Gasteiger partial charge is 0.480 e. The molecule has 0 aliphatic rings. The number of carbonyl (C=O) groups excluding carboxylic acids is 1. The Balaban J connectivity index is 1.84. The molecule has 0 heterocycles. The third-order valence-corrected chi connectivity index (χ3v) is 3.98. The highest BCUT2D eigenvalue weighted by Crippen LogP contribution is 2.22. The molecule has 0 bridgehead atoms. The van der Waals surface area contributed by atoms with Crippen molar-refractivity contribution in [2.24, 2.45) is 0 Å². The molecule has 0 fully saturated rings. The Hall–Kier alpha value is -3.12. The van der Waals surface area contributed by atoms with Crippen molar-refractivity contribution in [2.75, 3.05) is 6.54 Å². The molecule has 160 valence electrons. The number of hydrogen-bond acceptors (Lipinski definition) is 5. The van der Waals surface area contributed by atoms with Gasteiger partial charge in [-0.3, -0.25) is 9.59 Å². The Bertz CT molecular complexity index is 855. The number of ether oxygens (including phenoxy) is 2. The summed E-state index contributed by atoms with van der Waals surface area (Å²) in [6.45, 7) is 5.70. The number of rotatable bonds is 10. The van der Waals surface area contributed by atoms with E-state index in [0.29, 0.717) is 6.54 Å². The molecule has 0 saturated heterocycles. The zero-order valence-electron chi connectivity index (χ0n) is 17.6. The van der Waals surface area contributed by atoms with E-state index in [2.05, 4.69) is 5.32 Å². The van der Waals surface area contributed by atoms with Gasteiger partial charge >= 0.3 is 11.9 Å². The Morgan fingerprint density at radius 2 is 1.77 bits per heavy atom. The SMILES string of the molecule is CC(C)(C)OC(=O)CC[C@H](NC/C=C/c1cccc(Oc2ccccc2)c1)C(=O)O. The van der Waals surface area contributed by atoms with Crippen molar-refractivity contribution in [1.82, 2.24) is 5.32 Å². The summed E-state index contributed by atoms with van der Waals surface area (Å²) in [6, 6.07) is 16.3. The number of carboxylic acids is 1. The molecule has 6 heteroatoms. The molecule has 2 rings (SSSR count). The second-order valence-electron chi connectivity index (χ2n) is 7.81. The van der Waals surface area contributed by atoms with Gasteiger partial charge in [-0.15, -0.1) is 0 Å². The number of carboxylic acid groups (broad SMARTS) is 1. The van der Waals surface area contributed by atoms with Crippen molar-refractivity contribution < 1.29 is 24.2 Å². The number of aliphatic carboxylic acids is 1. The minimum absolute atomic E-state index is 0.0455. The number of nitrogens with one attached hydrogen (secondary N) is 1. The molecule has 2 N–H and O–H groups in total. The van der Waals surface area contributed by atoms with E-state index in [1.54, 1.807) is 20.8 Å². The van der Waals surface area contributed by atoms with Crippen LogP contribution in [0.2, 0.25) is 0 Å². The molecular formula is C24H29NO5. The maximum atomic E-state index is 11.8. The van der Waals surface area contributed by atoms with E-state index in [9.17, 15) is 14.7 Å². The molecule has 0 saturated carbocycles. The van der Waals surface area contributed by atoms with Crippen LogP contribution >= 0.6 is 0 Å². The number of esters is 1. The van der Waals surface area contributed by atoms with Crippen LogP contribution in [-0.2, 0) is 14.3 Å². The van der Waals surface area contributed by atoms with Crippen molar-refractivity contribution in [1.29, 1.82) is 0 Å². The van der Waals surface area contributed by atoms with Crippen LogP contribution in [0.5, 0.6) is 11.5 Å². The molecule has 0 radical (unpaired) electrons. The topological polar surface area (TPSA) is 84.9 Å². The highest BCUT2D eigenvalue weighted by atomic mass is 16.6. The summed E-state index contributed by atoms with van der Waals surface area (Å²) in [6.07, 6.45) is 3.94. The summed E-state index contributed by atoms with van der Waals surface area (Å²) < 4.78 is 11.0. The van der Waals surface area contributed by atoms with Crippen molar-refractivity contribution in [3.8, 4) is 11.5 Å². The molecule has 0 aliphatic heterocycles. The monoisotopic (exact) mass is 411 g/mol. The standard InChI is InChI=1S/C24H29NO5/c1-24(2,3)30-22(26)15-14-21(23(27)28)25-16-8-10-18-9-7-13-20(17-18)29-19-11-5-4-6-12-19/h4-13,17,21,25H,14-16H2,1-3H3,(H,27,28)/b10-8+/t21-/m0/s1. The summed E-state index contributed by atoms with van der Waals surface area (Å²) in [7, 11) is 0. The molecule has 30 heavy (non-hydrogen) atoms. The summed E-state index contributed by atoms with van der Waals surface area (Å²) in [5.74, 6) is 0.0817. The minimum atomic E-state index is -0.995. The van der Waals surface area contributed by atoms with E-state index in [-0.39, 0.29) is 12.8 Å². The van der Waals surface area contributed by atoms with Crippen molar-refractivity contribution >= 4 is 18.0 Å². The fraction of sp³-hybridized carbons (Fsp3) is 0.333. The molecule has 0 amide bonds. The first kappa shape index (κ1) is 23.2. The Morgan fingerprint density at radius 3 is 2.43 bits per heavy atom. The van der Waals surface area contributed by atoms with Crippen LogP contribution in [0.1, 0.15) is 39.2 Å². The van der Waals surface area contributed by atoms with E-state index in [1.807, 2.05) is 66.7 Å². The second-order valence-corrected chi connectivity index (χ2v) is 7.81. The average Bonchev–Trinajstić information content (AvgIpc) is 2.67. The minimum Gasteiger partial charge on any atom is -0.480 e. The van der Waals surface area contributed by atoms with Gasteiger partial charge in [0.1, 0.15) is 23.1 Å². The van der Waals surface area contributed by atoms with Crippen molar-refractivity contribution in [2.45, 2.75) is 45.3 Å². The van der Waals surface area contributed by atoms with E-state index in [0.717, 1.165) is 17.1 Å². The summed E-state index contributed by atoms with van der Waals surface area (Å²) in [5, 5.41) is 12.3. The second kappa shape index (κ2) is 11.2. The maximum Gasteiger partial charge on any atom is 0.320 e. The fourth-order valence-corrected chi connectivity index (χ4v) is 2.68. The lowest BCUT2D eigenvalue weighted by Gasteiger charge is -2.20. The lowest BCUT2D eigenvalue weighted by molar-refractivity contribution is -0.155. The van der Waals surface area contributed by atoms with Gasteiger partial charge in [0, 0.05) is 13.0 Å². The van der Waals surface area contributed by atoms with E-state index in [4.69, 9.17) is 9.47 Å². The molecule has 0 spiro atoms. The molecule has 2 aromatic carbocycles. The third kappa shape index (κ3) is 8.92. The maximum absolute atomic E-state index is 11.8. The molecule has 6 nitrogen and oxygen atoms in total. The summed E-state index contributed by atoms with van der Waals surface area (Å²) in [5.41, 5.74) is 0.357. The van der Waals surface area contributed by atoms with E-state index >= 15 is 0 Å². The Morgan fingerprint density at radius 1 is 1.07 bits per heavy atom. The Kier molecular flexibility index (Phi) is 8.62. The van der Waals surface area contributed by atoms with E-state index < -0.39 is 23.6 Å². The molecule has 0 unspecified atom stereocenters. The van der Waals surface area contributed by atoms with Crippen molar-refractivity contribution in [3.63, 3.8) is 0 Å². The lowest BCUT2D eigenvalue weighted by atomic mass is 10.1. The molecule has 1 atom stereocenters. The van der Waals surface area contributed by atoms with Gasteiger partial charge in [-0.2, -0.15) is 0 Å². The van der Waals surface area contributed by atoms with Gasteiger partial charge < -0.3 is 19.9 Å². The Labute approximate surface area is 177 Å². The van der Waals surface area contributed by atoms with Gasteiger partial charge in [0.25, 0.3) is 0 Å². The summed E-state index contributed by atoms with van der Waals surface area (Å²) in [4.78, 5) is 23.2. The number of carbonyl (C=O) groups is 2. The van der Waals surface area contributed by atoms with Gasteiger partial charge in [-0.25, -0.2) is 0 Å². The van der Waals surface area contributed by atoms with Crippen LogP contribution in [0, 0.1) is 0 Å². The molecule has 2 aromatic rings. The van der Waals surface area contributed by atoms with Crippen LogP contribution in [0.25, 0.3) is 6.08 Å². The molecule has 0 aromatic heterocycles. The van der Waals surface area contributed by atoms with Crippen LogP contribution in [0.15, 0.2) is 60.7 Å². The van der Waals surface area contributed by atoms with Gasteiger partial charge in [0.2, 0.25) is 0 Å². The van der Waals surface area contributed by atoms with Gasteiger partial charge in [-0.05, 0) is 57.0 Å². The molecular weight excluding hydrogens is 382 g/mol. The predicted molar refractivity (Wildman–Crippen MR) is 116 cm³/mol. The average molecular weight is 411 g/mol. The highest BCUT2D eigenvalue weighted by Gasteiger charge is 2.21. The third-order valence-electron chi connectivity index (χ3n) is 3.98. The molecule has 0 aliphatic carbocycles. The highest BCUT2D eigenvalue weighted by molar-refractivity contribution is 5.75. The normalized spacial score (nSPS) is 12.5. The van der Waals surface area contributed by atoms with Crippen molar-refractivity contribution in [3.05, 3.63) is 66.2 Å². The van der Waals surface area contributed by atoms with Gasteiger partial charge in [0.15, 0.2) is 0 Å². The summed E-state index contributed by atoms with van der Waals surface area (Å²) >= 11 is 0. The number of hydrogen-bond donors (Lipinski definition) is 2. The van der Waals surface area contributed by atoms with Gasteiger partial charge in [0.05, 0.1) is 0 Å². The quantitative estimate of drug-likeness (QED) is 0.553. The van der Waals surface area contributed by atoms with Crippen LogP contribution in [0.3, 0.4) is 0 Å². The van der Waals surface area contributed by atoms with Crippen LogP contribution in [-0.4, -0.2) is 35.2 Å². The smallest absolute Gasteiger partial charge is 0.320 e. The number of para-hydroxylation sites is 1. The first-order valence-electron chi connectivity index (χ1n) is 9.90. The van der Waals surface area contributed by atoms with E-state index in [1.165, 1.54) is 0 Å². The predicted octanol–water partition coefficient (Wildman–Crippen LogP) is 4.66. The zero-order valence-corrected chi connectivity index (χ0v) is 17.6. The first-order valence-corrected chi connectivity index (χ1v) is 9.90. The number of benzene rings is 2. The van der Waals surface area contributed by atoms with Crippen LogP contribution < -0.4 is 10.1 Å².